The number of nitrogens with zero attached hydrogens (tertiary/aromatic N) is 1. The Morgan fingerprint density at radius 2 is 1.72 bits per heavy atom. The van der Waals surface area contributed by atoms with E-state index in [9.17, 15) is 26.3 Å². The number of alkyl halides is 6. The first kappa shape index (κ1) is 24.4. The van der Waals surface area contributed by atoms with Crippen molar-refractivity contribution in [2.24, 2.45) is 10.7 Å². The first-order chi connectivity index (χ1) is 13.0. The maximum absolute atomic E-state index is 12.6. The third kappa shape index (κ3) is 8.51. The lowest BCUT2D eigenvalue weighted by atomic mass is 10.1. The lowest BCUT2D eigenvalue weighted by Gasteiger charge is -2.13. The quantitative estimate of drug-likeness (QED) is 0.194. The van der Waals surface area contributed by atoms with Crippen LogP contribution in [0.25, 0.3) is 0 Å². The van der Waals surface area contributed by atoms with E-state index in [1.807, 2.05) is 0 Å². The number of nitrogens with two attached hydrogens (primary N) is 1. The van der Waals surface area contributed by atoms with Crippen LogP contribution < -0.4 is 15.8 Å². The second kappa shape index (κ2) is 10.2. The molecule has 0 radical (unpaired) electrons. The molecule has 0 aliphatic carbocycles. The van der Waals surface area contributed by atoms with Gasteiger partial charge in [-0.1, -0.05) is 30.0 Å². The molecule has 29 heavy (non-hydrogen) atoms. The maximum atomic E-state index is 12.6. The lowest BCUT2D eigenvalue weighted by molar-refractivity contribution is -0.274. The van der Waals surface area contributed by atoms with Crippen LogP contribution >= 0.6 is 24.0 Å². The molecule has 4 nitrogen and oxygen atoms in total. The zero-order valence-corrected chi connectivity index (χ0v) is 16.8. The smallest absolute Gasteiger partial charge is 0.404 e. The number of ether oxygens (including phenoxy) is 1. The molecule has 2 rings (SSSR count). The summed E-state index contributed by atoms with van der Waals surface area (Å²) in [5.74, 6) is 4.28. The summed E-state index contributed by atoms with van der Waals surface area (Å²) in [4.78, 5) is 3.79. The molecular weight excluding hydrogens is 515 g/mol. The van der Waals surface area contributed by atoms with E-state index < -0.39 is 23.9 Å². The molecule has 0 unspecified atom stereocenters. The SMILES string of the molecule is I.NC(=NCC#Cc1cccc(C(F)(F)F)c1)Nc1ccccc1OC(F)(F)F. The molecule has 0 heterocycles. The summed E-state index contributed by atoms with van der Waals surface area (Å²) in [5, 5.41) is 2.45. The van der Waals surface area contributed by atoms with Crippen molar-refractivity contribution in [3.05, 3.63) is 59.7 Å². The molecule has 0 aliphatic heterocycles. The minimum Gasteiger partial charge on any atom is -0.404 e. The summed E-state index contributed by atoms with van der Waals surface area (Å²) in [6, 6.07) is 9.65. The standard InChI is InChI=1S/C18H13F6N3O.HI/c19-17(20,21)13-7-3-5-12(11-13)6-4-10-26-16(25)27-14-8-1-2-9-15(14)28-18(22,23)24;/h1-3,5,7-9,11H,10H2,(H3,25,26,27);1H. The fourth-order valence-electron chi connectivity index (χ4n) is 2.00. The molecule has 0 bridgehead atoms. The van der Waals surface area contributed by atoms with Crippen LogP contribution in [0.1, 0.15) is 11.1 Å². The van der Waals surface area contributed by atoms with Crippen LogP contribution in [0, 0.1) is 11.8 Å². The van der Waals surface area contributed by atoms with E-state index in [4.69, 9.17) is 5.73 Å². The predicted octanol–water partition coefficient (Wildman–Crippen LogP) is 5.00. The summed E-state index contributed by atoms with van der Waals surface area (Å²) in [6.07, 6.45) is -9.35. The number of hydrogen-bond acceptors (Lipinski definition) is 2. The Balaban J connectivity index is 0.00000420. The molecule has 0 aliphatic rings. The molecule has 2 aromatic rings. The summed E-state index contributed by atoms with van der Waals surface area (Å²) < 4.78 is 78.9. The van der Waals surface area contributed by atoms with Crippen LogP contribution in [0.4, 0.5) is 32.0 Å². The number of nitrogens with one attached hydrogen (secondary N) is 1. The van der Waals surface area contributed by atoms with Crippen molar-refractivity contribution in [3.63, 3.8) is 0 Å². The Labute approximate surface area is 179 Å². The highest BCUT2D eigenvalue weighted by molar-refractivity contribution is 14.0. The fourth-order valence-corrected chi connectivity index (χ4v) is 2.00. The Bertz CT molecular complexity index is 916. The maximum Gasteiger partial charge on any atom is 0.573 e. The van der Waals surface area contributed by atoms with Crippen molar-refractivity contribution < 1.29 is 31.1 Å². The molecule has 0 amide bonds. The normalized spacial score (nSPS) is 11.7. The number of para-hydroxylation sites is 2. The van der Waals surface area contributed by atoms with Gasteiger partial charge in [0, 0.05) is 5.56 Å². The molecule has 0 aromatic heterocycles. The van der Waals surface area contributed by atoms with Crippen LogP contribution in [0.5, 0.6) is 5.75 Å². The molecule has 0 fully saturated rings. The monoisotopic (exact) mass is 529 g/mol. The summed E-state index contributed by atoms with van der Waals surface area (Å²) in [7, 11) is 0. The van der Waals surface area contributed by atoms with Gasteiger partial charge in [-0.15, -0.1) is 37.1 Å². The number of halogens is 7. The highest BCUT2D eigenvalue weighted by Gasteiger charge is 2.32. The Morgan fingerprint density at radius 3 is 2.38 bits per heavy atom. The first-order valence-corrected chi connectivity index (χ1v) is 7.62. The van der Waals surface area contributed by atoms with Crippen molar-refractivity contribution in [2.45, 2.75) is 12.5 Å². The average Bonchev–Trinajstić information content (AvgIpc) is 2.59. The third-order valence-electron chi connectivity index (χ3n) is 3.13. The van der Waals surface area contributed by atoms with Crippen molar-refractivity contribution in [1.82, 2.24) is 0 Å². The van der Waals surface area contributed by atoms with Crippen LogP contribution in [0.3, 0.4) is 0 Å². The average molecular weight is 529 g/mol. The number of hydrogen-bond donors (Lipinski definition) is 2. The fraction of sp³-hybridized carbons (Fsp3) is 0.167. The molecule has 156 valence electrons. The van der Waals surface area contributed by atoms with Crippen molar-refractivity contribution in [2.75, 3.05) is 11.9 Å². The summed E-state index contributed by atoms with van der Waals surface area (Å²) >= 11 is 0. The Hall–Kier alpha value is -2.62. The minimum absolute atomic E-state index is 0. The van der Waals surface area contributed by atoms with E-state index in [1.54, 1.807) is 0 Å². The first-order valence-electron chi connectivity index (χ1n) is 7.62. The van der Waals surface area contributed by atoms with E-state index in [0.717, 1.165) is 18.2 Å². The van der Waals surface area contributed by atoms with E-state index in [1.165, 1.54) is 30.3 Å². The second-order valence-corrected chi connectivity index (χ2v) is 5.25. The molecule has 0 atom stereocenters. The zero-order chi connectivity index (χ0) is 20.8. The van der Waals surface area contributed by atoms with Crippen molar-refractivity contribution in [3.8, 4) is 17.6 Å². The highest BCUT2D eigenvalue weighted by Crippen LogP contribution is 2.30. The number of anilines is 1. The molecule has 0 spiro atoms. The number of guanidine groups is 1. The molecule has 0 saturated carbocycles. The highest BCUT2D eigenvalue weighted by atomic mass is 127. The van der Waals surface area contributed by atoms with Crippen molar-refractivity contribution in [1.29, 1.82) is 0 Å². The van der Waals surface area contributed by atoms with E-state index in [0.29, 0.717) is 0 Å². The minimum atomic E-state index is -4.87. The van der Waals surface area contributed by atoms with Gasteiger partial charge in [0.1, 0.15) is 6.54 Å². The van der Waals surface area contributed by atoms with Crippen molar-refractivity contribution >= 4 is 35.6 Å². The van der Waals surface area contributed by atoms with Crippen LogP contribution in [-0.2, 0) is 6.18 Å². The van der Waals surface area contributed by atoms with Gasteiger partial charge in [0.05, 0.1) is 11.3 Å². The topological polar surface area (TPSA) is 59.6 Å². The van der Waals surface area contributed by atoms with Gasteiger partial charge in [0.15, 0.2) is 11.7 Å². The van der Waals surface area contributed by atoms with Gasteiger partial charge in [-0.05, 0) is 30.3 Å². The molecule has 2 aromatic carbocycles. The number of aliphatic imine (C=N–C) groups is 1. The molecule has 3 N–H and O–H groups in total. The number of benzene rings is 2. The Morgan fingerprint density at radius 1 is 1.03 bits per heavy atom. The van der Waals surface area contributed by atoms with Crippen LogP contribution in [0.15, 0.2) is 53.5 Å². The number of rotatable bonds is 3. The second-order valence-electron chi connectivity index (χ2n) is 5.25. The van der Waals surface area contributed by atoms with Crippen LogP contribution in [-0.4, -0.2) is 18.9 Å². The zero-order valence-electron chi connectivity index (χ0n) is 14.4. The van der Waals surface area contributed by atoms with Gasteiger partial charge >= 0.3 is 12.5 Å². The van der Waals surface area contributed by atoms with E-state index in [2.05, 4.69) is 26.9 Å². The summed E-state index contributed by atoms with van der Waals surface area (Å²) in [5.41, 5.74) is 4.83. The van der Waals surface area contributed by atoms with E-state index in [-0.39, 0.29) is 47.7 Å². The van der Waals surface area contributed by atoms with Gasteiger partial charge in [-0.25, -0.2) is 4.99 Å². The lowest BCUT2D eigenvalue weighted by Crippen LogP contribution is -2.24. The van der Waals surface area contributed by atoms with Gasteiger partial charge in [-0.2, -0.15) is 13.2 Å². The Kier molecular flexibility index (Phi) is 8.62. The largest absolute Gasteiger partial charge is 0.573 e. The predicted molar refractivity (Wildman–Crippen MR) is 107 cm³/mol. The molecule has 0 saturated heterocycles. The molecule has 11 heteroatoms. The molecular formula is C18H14F6IN3O. The van der Waals surface area contributed by atoms with Gasteiger partial charge in [-0.3, -0.25) is 0 Å². The van der Waals surface area contributed by atoms with Gasteiger partial charge in [0.2, 0.25) is 0 Å². The van der Waals surface area contributed by atoms with Gasteiger partial charge < -0.3 is 15.8 Å². The van der Waals surface area contributed by atoms with E-state index >= 15 is 0 Å². The third-order valence-corrected chi connectivity index (χ3v) is 3.13. The summed E-state index contributed by atoms with van der Waals surface area (Å²) in [6.45, 7) is -0.183. The van der Waals surface area contributed by atoms with Crippen LogP contribution in [0.2, 0.25) is 0 Å². The van der Waals surface area contributed by atoms with Gasteiger partial charge in [0.25, 0.3) is 0 Å².